The van der Waals surface area contributed by atoms with Gasteiger partial charge in [-0.05, 0) is 0 Å². The summed E-state index contributed by atoms with van der Waals surface area (Å²) in [4.78, 5) is 10.7. The highest BCUT2D eigenvalue weighted by Crippen LogP contribution is 1.90. The molecule has 4 nitrogen and oxygen atoms in total. The molecule has 0 saturated carbocycles. The number of nitrogens with one attached hydrogen (secondary N) is 1. The van der Waals surface area contributed by atoms with Gasteiger partial charge in [-0.15, -0.1) is 0 Å². The minimum Gasteiger partial charge on any atom is -0.274 e. The average molecular weight is 163 g/mol. The number of carbonyl (C=O) groups is 1. The van der Waals surface area contributed by atoms with Crippen molar-refractivity contribution >= 4 is 22.9 Å². The van der Waals surface area contributed by atoms with E-state index in [9.17, 15) is 13.2 Å². The third-order valence-electron chi connectivity index (χ3n) is 0.810. The highest BCUT2D eigenvalue weighted by atomic mass is 32.2. The molecular formula is C4H10BNO3S. The van der Waals surface area contributed by atoms with Gasteiger partial charge in [-0.2, -0.15) is 0 Å². The molecule has 0 aliphatic carbocycles. The lowest BCUT2D eigenvalue weighted by Crippen LogP contribution is -2.33. The highest BCUT2D eigenvalue weighted by molar-refractivity contribution is 8.11. The maximum absolute atomic E-state index is 10.7. The highest BCUT2D eigenvalue weighted by Gasteiger charge is 2.10. The minimum atomic E-state index is -3.37. The van der Waals surface area contributed by atoms with E-state index in [0.717, 1.165) is 7.12 Å². The van der Waals surface area contributed by atoms with Crippen molar-refractivity contribution in [2.75, 3.05) is 0 Å². The van der Waals surface area contributed by atoms with Crippen molar-refractivity contribution in [3.05, 3.63) is 0 Å². The van der Waals surface area contributed by atoms with Gasteiger partial charge in [0, 0.05) is 5.92 Å². The van der Waals surface area contributed by atoms with Gasteiger partial charge in [0.05, 0.1) is 0 Å². The Labute approximate surface area is 61.4 Å². The molecule has 0 aromatic heterocycles. The van der Waals surface area contributed by atoms with Crippen LogP contribution < -0.4 is 4.72 Å². The third kappa shape index (κ3) is 4.37. The third-order valence-corrected chi connectivity index (χ3v) is 1.38. The summed E-state index contributed by atoms with van der Waals surface area (Å²) in [7, 11) is -2.42. The SMILES string of the molecule is BS(=O)(=O)NC(=O)C(C)C. The first-order valence-electron chi connectivity index (χ1n) is 2.84. The molecule has 10 heavy (non-hydrogen) atoms. The summed E-state index contributed by atoms with van der Waals surface area (Å²) in [5, 5.41) is 0. The first-order chi connectivity index (χ1) is 4.33. The number of amides is 1. The molecule has 0 atom stereocenters. The molecule has 0 aromatic rings. The number of carbonyl (C=O) groups excluding carboxylic acids is 1. The van der Waals surface area contributed by atoms with E-state index in [4.69, 9.17) is 0 Å². The van der Waals surface area contributed by atoms with Crippen LogP contribution in [0.1, 0.15) is 13.8 Å². The first-order valence-corrected chi connectivity index (χ1v) is 4.73. The summed E-state index contributed by atoms with van der Waals surface area (Å²) >= 11 is 0. The molecule has 0 radical (unpaired) electrons. The molecule has 0 saturated heterocycles. The van der Waals surface area contributed by atoms with E-state index in [1.807, 2.05) is 4.72 Å². The Hall–Kier alpha value is -0.515. The van der Waals surface area contributed by atoms with Crippen molar-refractivity contribution in [3.63, 3.8) is 0 Å². The van der Waals surface area contributed by atoms with Crippen molar-refractivity contribution in [2.45, 2.75) is 13.8 Å². The van der Waals surface area contributed by atoms with Gasteiger partial charge in [-0.3, -0.25) is 9.52 Å². The normalized spacial score (nSPS) is 11.5. The molecule has 6 heteroatoms. The number of hydrogen-bond donors (Lipinski definition) is 1. The van der Waals surface area contributed by atoms with Crippen LogP contribution in [0, 0.1) is 5.92 Å². The van der Waals surface area contributed by atoms with Crippen molar-refractivity contribution in [1.82, 2.24) is 4.72 Å². The Morgan fingerprint density at radius 2 is 1.90 bits per heavy atom. The summed E-state index contributed by atoms with van der Waals surface area (Å²) < 4.78 is 22.7. The van der Waals surface area contributed by atoms with Crippen LogP contribution in [0.2, 0.25) is 0 Å². The van der Waals surface area contributed by atoms with Gasteiger partial charge in [0.2, 0.25) is 5.91 Å². The van der Waals surface area contributed by atoms with Gasteiger partial charge < -0.3 is 0 Å². The average Bonchev–Trinajstić information content (AvgIpc) is 1.60. The van der Waals surface area contributed by atoms with E-state index in [0.29, 0.717) is 0 Å². The summed E-state index contributed by atoms with van der Waals surface area (Å²) in [5.41, 5.74) is 0. The van der Waals surface area contributed by atoms with Gasteiger partial charge in [0.1, 0.15) is 0 Å². The van der Waals surface area contributed by atoms with Crippen molar-refractivity contribution in [3.8, 4) is 0 Å². The fourth-order valence-corrected chi connectivity index (χ4v) is 0.902. The van der Waals surface area contributed by atoms with E-state index in [1.54, 1.807) is 13.8 Å². The summed E-state index contributed by atoms with van der Waals surface area (Å²) in [6, 6.07) is 0. The van der Waals surface area contributed by atoms with E-state index >= 15 is 0 Å². The molecule has 0 aliphatic rings. The fraction of sp³-hybridized carbons (Fsp3) is 0.750. The molecule has 1 N–H and O–H groups in total. The Balaban J connectivity index is 4.07. The van der Waals surface area contributed by atoms with E-state index in [-0.39, 0.29) is 5.92 Å². The molecule has 0 bridgehead atoms. The van der Waals surface area contributed by atoms with Crippen LogP contribution >= 0.6 is 0 Å². The summed E-state index contributed by atoms with van der Waals surface area (Å²) in [5.74, 6) is -0.766. The Kier molecular flexibility index (Phi) is 2.89. The Bertz CT molecular complexity index is 221. The predicted octanol–water partition coefficient (Wildman–Crippen LogP) is -1.36. The van der Waals surface area contributed by atoms with Crippen LogP contribution in [-0.4, -0.2) is 21.4 Å². The monoisotopic (exact) mass is 163 g/mol. The second-order valence-corrected chi connectivity index (χ2v) is 4.14. The second kappa shape index (κ2) is 3.05. The molecule has 0 rings (SSSR count). The molecule has 0 fully saturated rings. The minimum absolute atomic E-state index is 0.297. The molecule has 0 unspecified atom stereocenters. The van der Waals surface area contributed by atoms with Crippen LogP contribution in [0.4, 0.5) is 0 Å². The standard InChI is InChI=1S/C4H10BNO3S/c1-3(2)4(7)6-10(5,8)9/h3H,5H2,1-2H3,(H,6,7). The van der Waals surface area contributed by atoms with E-state index in [2.05, 4.69) is 0 Å². The predicted molar refractivity (Wildman–Crippen MR) is 40.4 cm³/mol. The zero-order valence-corrected chi connectivity index (χ0v) is 7.03. The Morgan fingerprint density at radius 1 is 1.50 bits per heavy atom. The summed E-state index contributed by atoms with van der Waals surface area (Å²) in [6.45, 7) is 3.25. The quantitative estimate of drug-likeness (QED) is 0.511. The maximum Gasteiger partial charge on any atom is 0.283 e. The van der Waals surface area contributed by atoms with Gasteiger partial charge in [-0.1, -0.05) is 13.8 Å². The molecule has 0 aliphatic heterocycles. The van der Waals surface area contributed by atoms with Crippen LogP contribution in [0.3, 0.4) is 0 Å². The molecule has 0 spiro atoms. The lowest BCUT2D eigenvalue weighted by molar-refractivity contribution is -0.122. The smallest absolute Gasteiger partial charge is 0.274 e. The molecule has 0 aromatic carbocycles. The topological polar surface area (TPSA) is 63.2 Å². The molecule has 0 heterocycles. The number of hydrogen-bond acceptors (Lipinski definition) is 3. The van der Waals surface area contributed by atoms with Crippen LogP contribution in [0.5, 0.6) is 0 Å². The molecule has 1 amide bonds. The van der Waals surface area contributed by atoms with Crippen LogP contribution in [0.15, 0.2) is 0 Å². The van der Waals surface area contributed by atoms with E-state index < -0.39 is 15.8 Å². The maximum atomic E-state index is 10.7. The lowest BCUT2D eigenvalue weighted by atomic mass is 10.2. The molecular weight excluding hydrogens is 153 g/mol. The van der Waals surface area contributed by atoms with E-state index in [1.165, 1.54) is 0 Å². The van der Waals surface area contributed by atoms with Gasteiger partial charge in [-0.25, -0.2) is 8.42 Å². The number of rotatable bonds is 2. The van der Waals surface area contributed by atoms with Gasteiger partial charge in [0.25, 0.3) is 7.12 Å². The van der Waals surface area contributed by atoms with Crippen LogP contribution in [-0.2, 0) is 14.7 Å². The fourth-order valence-electron chi connectivity index (χ4n) is 0.301. The van der Waals surface area contributed by atoms with Gasteiger partial charge in [0.15, 0.2) is 9.87 Å². The second-order valence-electron chi connectivity index (χ2n) is 2.39. The first kappa shape index (κ1) is 9.48. The van der Waals surface area contributed by atoms with Crippen molar-refractivity contribution < 1.29 is 13.2 Å². The van der Waals surface area contributed by atoms with Gasteiger partial charge >= 0.3 is 0 Å². The summed E-state index contributed by atoms with van der Waals surface area (Å²) in [6.07, 6.45) is 0. The largest absolute Gasteiger partial charge is 0.283 e. The van der Waals surface area contributed by atoms with Crippen molar-refractivity contribution in [1.29, 1.82) is 0 Å². The zero-order chi connectivity index (χ0) is 8.36. The van der Waals surface area contributed by atoms with Crippen LogP contribution in [0.25, 0.3) is 0 Å². The zero-order valence-electron chi connectivity index (χ0n) is 6.21. The lowest BCUT2D eigenvalue weighted by Gasteiger charge is -2.03. The molecule has 58 valence electrons. The van der Waals surface area contributed by atoms with Crippen molar-refractivity contribution in [2.24, 2.45) is 5.92 Å². The Morgan fingerprint density at radius 3 is 2.00 bits per heavy atom.